The van der Waals surface area contributed by atoms with Gasteiger partial charge in [0.05, 0.1) is 0 Å². The molecule has 1 rings (SSSR count). The molecule has 8 heteroatoms. The first-order chi connectivity index (χ1) is 13.8. The molecule has 0 fully saturated rings. The maximum Gasteiger partial charge on any atom is 0.407 e. The third-order valence-corrected chi connectivity index (χ3v) is 4.29. The molecule has 0 heterocycles. The zero-order valence-corrected chi connectivity index (χ0v) is 21.7. The van der Waals surface area contributed by atoms with Crippen molar-refractivity contribution in [3.05, 3.63) is 35.4 Å². The van der Waals surface area contributed by atoms with Crippen molar-refractivity contribution in [3.8, 4) is 0 Å². The van der Waals surface area contributed by atoms with Crippen LogP contribution < -0.4 is 16.0 Å². The van der Waals surface area contributed by atoms with Crippen LogP contribution in [0.25, 0.3) is 0 Å². The number of nitrogens with one attached hydrogen (secondary N) is 3. The summed E-state index contributed by atoms with van der Waals surface area (Å²) < 4.78 is 5.21. The van der Waals surface area contributed by atoms with E-state index >= 15 is 0 Å². The molecule has 0 aliphatic heterocycles. The number of benzene rings is 1. The molecule has 30 heavy (non-hydrogen) atoms. The van der Waals surface area contributed by atoms with E-state index in [1.807, 2.05) is 20.8 Å². The summed E-state index contributed by atoms with van der Waals surface area (Å²) in [5.74, 6) is 0.747. The van der Waals surface area contributed by atoms with Crippen molar-refractivity contribution < 1.29 is 9.53 Å². The highest BCUT2D eigenvalue weighted by atomic mass is 127. The fraction of sp³-hybridized carbons (Fsp3) is 0.636. The second kappa shape index (κ2) is 15.3. The van der Waals surface area contributed by atoms with Gasteiger partial charge in [-0.25, -0.2) is 4.79 Å². The van der Waals surface area contributed by atoms with E-state index in [1.54, 1.807) is 7.05 Å². The van der Waals surface area contributed by atoms with E-state index in [0.717, 1.165) is 32.0 Å². The third-order valence-electron chi connectivity index (χ3n) is 4.29. The van der Waals surface area contributed by atoms with Gasteiger partial charge in [-0.3, -0.25) is 9.89 Å². The predicted octanol–water partition coefficient (Wildman–Crippen LogP) is 3.73. The predicted molar refractivity (Wildman–Crippen MR) is 136 cm³/mol. The van der Waals surface area contributed by atoms with E-state index in [2.05, 4.69) is 64.0 Å². The highest BCUT2D eigenvalue weighted by Crippen LogP contribution is 2.08. The number of aliphatic imine (C=N–C) groups is 1. The number of nitrogens with zero attached hydrogens (tertiary/aromatic N) is 2. The molecule has 0 unspecified atom stereocenters. The lowest BCUT2D eigenvalue weighted by Crippen LogP contribution is -2.39. The normalized spacial score (nSPS) is 11.6. The molecule has 0 spiro atoms. The average Bonchev–Trinajstić information content (AvgIpc) is 2.67. The Bertz CT molecular complexity index is 643. The summed E-state index contributed by atoms with van der Waals surface area (Å²) in [6, 6.07) is 8.64. The first kappa shape index (κ1) is 28.5. The maximum atomic E-state index is 11.6. The molecule has 172 valence electrons. The number of rotatable bonds is 10. The lowest BCUT2D eigenvalue weighted by molar-refractivity contribution is 0.0527. The summed E-state index contributed by atoms with van der Waals surface area (Å²) in [5, 5.41) is 9.36. The molecule has 1 aromatic carbocycles. The molecule has 0 radical (unpaired) electrons. The Morgan fingerprint density at radius 1 is 1.07 bits per heavy atom. The molecule has 0 saturated heterocycles. The van der Waals surface area contributed by atoms with Gasteiger partial charge in [0, 0.05) is 33.2 Å². The maximum absolute atomic E-state index is 11.6. The number of hydrogen-bond acceptors (Lipinski definition) is 4. The van der Waals surface area contributed by atoms with Crippen LogP contribution in [0.15, 0.2) is 29.3 Å². The zero-order chi connectivity index (χ0) is 21.7. The second-order valence-corrected chi connectivity index (χ2v) is 7.92. The molecular weight excluding hydrogens is 493 g/mol. The molecule has 0 atom stereocenters. The Hall–Kier alpha value is -1.55. The zero-order valence-electron chi connectivity index (χ0n) is 19.4. The standard InChI is InChI=1S/C22H39N5O2.HI/c1-7-27(8-2)17-19-12-9-11-18(15-19)16-26-20(23-6)24-13-10-14-25-21(28)29-22(3,4)5;/h9,11-12,15H,7-8,10,13-14,16-17H2,1-6H3,(H,25,28)(H2,23,24,26);1H. The summed E-state index contributed by atoms with van der Waals surface area (Å²) >= 11 is 0. The molecule has 0 bridgehead atoms. The SMILES string of the molecule is CCN(CC)Cc1cccc(CNC(=NC)NCCCNC(=O)OC(C)(C)C)c1.I. The van der Waals surface area contributed by atoms with E-state index < -0.39 is 5.60 Å². The third kappa shape index (κ3) is 12.9. The van der Waals surface area contributed by atoms with Gasteiger partial charge in [0.1, 0.15) is 5.60 Å². The number of alkyl carbamates (subject to hydrolysis) is 1. The van der Waals surface area contributed by atoms with E-state index in [9.17, 15) is 4.79 Å². The van der Waals surface area contributed by atoms with Crippen molar-refractivity contribution >= 4 is 36.0 Å². The lowest BCUT2D eigenvalue weighted by Gasteiger charge is -2.19. The van der Waals surface area contributed by atoms with Crippen LogP contribution in [0.3, 0.4) is 0 Å². The Labute approximate surface area is 199 Å². The minimum absolute atomic E-state index is 0. The molecule has 0 aliphatic carbocycles. The minimum atomic E-state index is -0.475. The number of ether oxygens (including phenoxy) is 1. The first-order valence-corrected chi connectivity index (χ1v) is 10.5. The van der Waals surface area contributed by atoms with E-state index in [0.29, 0.717) is 19.6 Å². The van der Waals surface area contributed by atoms with Gasteiger partial charge in [0.15, 0.2) is 5.96 Å². The highest BCUT2D eigenvalue weighted by molar-refractivity contribution is 14.0. The van der Waals surface area contributed by atoms with Gasteiger partial charge < -0.3 is 20.7 Å². The molecule has 1 amide bonds. The van der Waals surface area contributed by atoms with Crippen molar-refractivity contribution in [2.45, 2.75) is 59.7 Å². The topological polar surface area (TPSA) is 78.0 Å². The number of amides is 1. The van der Waals surface area contributed by atoms with E-state index in [4.69, 9.17) is 4.74 Å². The number of carbonyl (C=O) groups excluding carboxylic acids is 1. The van der Waals surface area contributed by atoms with Gasteiger partial charge >= 0.3 is 6.09 Å². The van der Waals surface area contributed by atoms with Gasteiger partial charge in [-0.15, -0.1) is 24.0 Å². The summed E-state index contributed by atoms with van der Waals surface area (Å²) in [7, 11) is 1.76. The van der Waals surface area contributed by atoms with Crippen LogP contribution in [0, 0.1) is 0 Å². The monoisotopic (exact) mass is 533 g/mol. The van der Waals surface area contributed by atoms with Gasteiger partial charge in [-0.1, -0.05) is 38.1 Å². The van der Waals surface area contributed by atoms with Crippen molar-refractivity contribution in [3.63, 3.8) is 0 Å². The summed E-state index contributed by atoms with van der Waals surface area (Å²) in [6.45, 7) is 15.0. The van der Waals surface area contributed by atoms with Crippen LogP contribution in [-0.2, 0) is 17.8 Å². The first-order valence-electron chi connectivity index (χ1n) is 10.5. The van der Waals surface area contributed by atoms with Gasteiger partial charge in [-0.2, -0.15) is 0 Å². The largest absolute Gasteiger partial charge is 0.444 e. The van der Waals surface area contributed by atoms with Crippen molar-refractivity contribution in [1.29, 1.82) is 0 Å². The van der Waals surface area contributed by atoms with Gasteiger partial charge in [0.25, 0.3) is 0 Å². The van der Waals surface area contributed by atoms with Crippen LogP contribution in [0.1, 0.15) is 52.2 Å². The van der Waals surface area contributed by atoms with Crippen LogP contribution in [0.5, 0.6) is 0 Å². The summed E-state index contributed by atoms with van der Waals surface area (Å²) in [4.78, 5) is 18.3. The van der Waals surface area contributed by atoms with Gasteiger partial charge in [-0.05, 0) is 51.4 Å². The smallest absolute Gasteiger partial charge is 0.407 e. The minimum Gasteiger partial charge on any atom is -0.444 e. The molecule has 7 nitrogen and oxygen atoms in total. The Balaban J connectivity index is 0.00000841. The van der Waals surface area contributed by atoms with Crippen LogP contribution in [0.2, 0.25) is 0 Å². The Morgan fingerprint density at radius 2 is 1.70 bits per heavy atom. The Morgan fingerprint density at radius 3 is 2.30 bits per heavy atom. The number of guanidine groups is 1. The number of hydrogen-bond donors (Lipinski definition) is 3. The van der Waals surface area contributed by atoms with Crippen LogP contribution >= 0.6 is 24.0 Å². The summed E-state index contributed by atoms with van der Waals surface area (Å²) in [5.41, 5.74) is 2.07. The van der Waals surface area contributed by atoms with Crippen molar-refractivity contribution in [2.75, 3.05) is 33.2 Å². The second-order valence-electron chi connectivity index (χ2n) is 7.92. The molecule has 0 aliphatic rings. The van der Waals surface area contributed by atoms with Crippen molar-refractivity contribution in [1.82, 2.24) is 20.9 Å². The fourth-order valence-corrected chi connectivity index (χ4v) is 2.75. The molecule has 3 N–H and O–H groups in total. The van der Waals surface area contributed by atoms with Gasteiger partial charge in [0.2, 0.25) is 0 Å². The Kier molecular flexibility index (Phi) is 14.5. The molecule has 0 aromatic heterocycles. The summed E-state index contributed by atoms with van der Waals surface area (Å²) in [6.07, 6.45) is 0.392. The van der Waals surface area contributed by atoms with Crippen molar-refractivity contribution in [2.24, 2.45) is 4.99 Å². The highest BCUT2D eigenvalue weighted by Gasteiger charge is 2.15. The molecule has 0 saturated carbocycles. The average molecular weight is 533 g/mol. The lowest BCUT2D eigenvalue weighted by atomic mass is 10.1. The van der Waals surface area contributed by atoms with E-state index in [1.165, 1.54) is 11.1 Å². The number of carbonyl (C=O) groups is 1. The van der Waals surface area contributed by atoms with Crippen LogP contribution in [0.4, 0.5) is 4.79 Å². The van der Waals surface area contributed by atoms with Crippen LogP contribution in [-0.4, -0.2) is 55.8 Å². The van der Waals surface area contributed by atoms with E-state index in [-0.39, 0.29) is 30.1 Å². The molecular formula is C22H40IN5O2. The molecule has 1 aromatic rings. The quantitative estimate of drug-likeness (QED) is 0.185. The fourth-order valence-electron chi connectivity index (χ4n) is 2.75. The number of halogens is 1.